The second kappa shape index (κ2) is 15.4. The fourth-order valence-corrected chi connectivity index (χ4v) is 5.87. The number of nitrogens with zero attached hydrogens (tertiary/aromatic N) is 2. The summed E-state index contributed by atoms with van der Waals surface area (Å²) in [5.74, 6) is -0.512. The van der Waals surface area contributed by atoms with Gasteiger partial charge in [-0.15, -0.1) is 0 Å². The van der Waals surface area contributed by atoms with Crippen LogP contribution in [-0.2, 0) is 32.6 Å². The van der Waals surface area contributed by atoms with Gasteiger partial charge in [0.05, 0.1) is 14.9 Å². The molecule has 0 saturated heterocycles. The molecule has 0 bridgehead atoms. The molecule has 0 unspecified atom stereocenters. The second-order valence-electron chi connectivity index (χ2n) is 10.0. The third-order valence-electron chi connectivity index (χ3n) is 6.92. The molecule has 10 heteroatoms. The Morgan fingerprint density at radius 3 is 2.15 bits per heavy atom. The Balaban J connectivity index is 1.86. The van der Waals surface area contributed by atoms with E-state index in [4.69, 9.17) is 23.2 Å². The van der Waals surface area contributed by atoms with Crippen molar-refractivity contribution in [3.05, 3.63) is 100 Å². The van der Waals surface area contributed by atoms with Crippen LogP contribution in [0.3, 0.4) is 0 Å². The monoisotopic (exact) mass is 617 g/mol. The van der Waals surface area contributed by atoms with E-state index in [9.17, 15) is 18.0 Å². The molecule has 2 atom stereocenters. The summed E-state index contributed by atoms with van der Waals surface area (Å²) in [6, 6.07) is 22.0. The lowest BCUT2D eigenvalue weighted by molar-refractivity contribution is -0.141. The van der Waals surface area contributed by atoms with Crippen LogP contribution in [0, 0.1) is 0 Å². The van der Waals surface area contributed by atoms with E-state index in [0.29, 0.717) is 16.5 Å². The summed E-state index contributed by atoms with van der Waals surface area (Å²) in [5, 5.41) is 3.79. The number of carbonyl (C=O) groups is 2. The van der Waals surface area contributed by atoms with Crippen molar-refractivity contribution < 1.29 is 18.0 Å². The van der Waals surface area contributed by atoms with Crippen LogP contribution in [0.5, 0.6) is 0 Å². The third kappa shape index (κ3) is 9.30. The van der Waals surface area contributed by atoms with Crippen LogP contribution in [0.4, 0.5) is 0 Å². The number of hydrogen-bond donors (Lipinski definition) is 1. The predicted octanol–water partition coefficient (Wildman–Crippen LogP) is 5.95. The summed E-state index contributed by atoms with van der Waals surface area (Å²) in [5.41, 5.74) is 1.64. The van der Waals surface area contributed by atoms with Gasteiger partial charge in [0.2, 0.25) is 21.8 Å². The summed E-state index contributed by atoms with van der Waals surface area (Å²) in [6.07, 6.45) is 1.40. The largest absolute Gasteiger partial charge is 0.352 e. The van der Waals surface area contributed by atoms with E-state index in [1.54, 1.807) is 53.4 Å². The van der Waals surface area contributed by atoms with Gasteiger partial charge < -0.3 is 10.2 Å². The minimum absolute atomic E-state index is 0.0534. The summed E-state index contributed by atoms with van der Waals surface area (Å²) in [6.45, 7) is 4.19. The van der Waals surface area contributed by atoms with Crippen LogP contribution in [0.1, 0.15) is 44.2 Å². The number of benzene rings is 3. The second-order valence-corrected chi connectivity index (χ2v) is 12.9. The van der Waals surface area contributed by atoms with Crippen molar-refractivity contribution in [2.24, 2.45) is 0 Å². The van der Waals surface area contributed by atoms with E-state index in [-0.39, 0.29) is 48.7 Å². The highest BCUT2D eigenvalue weighted by Gasteiger charge is 2.31. The zero-order valence-electron chi connectivity index (χ0n) is 23.6. The molecular formula is C31H37Cl2N3O4S. The van der Waals surface area contributed by atoms with Crippen molar-refractivity contribution in [3.8, 4) is 0 Å². The average Bonchev–Trinajstić information content (AvgIpc) is 2.97. The highest BCUT2D eigenvalue weighted by atomic mass is 35.5. The molecule has 0 saturated carbocycles. The SMILES string of the molecule is CC[C@H](C)NC(=O)[C@H](Cc1ccccc1)N(Cc1ccc(Cl)c(Cl)c1)C(=O)CCCN(C)S(=O)(=O)c1ccccc1. The highest BCUT2D eigenvalue weighted by molar-refractivity contribution is 7.89. The van der Waals surface area contributed by atoms with Crippen molar-refractivity contribution in [2.45, 2.75) is 63.1 Å². The van der Waals surface area contributed by atoms with Gasteiger partial charge in [0.25, 0.3) is 0 Å². The van der Waals surface area contributed by atoms with E-state index in [2.05, 4.69) is 5.32 Å². The quantitative estimate of drug-likeness (QED) is 0.242. The van der Waals surface area contributed by atoms with Crippen molar-refractivity contribution in [1.82, 2.24) is 14.5 Å². The summed E-state index contributed by atoms with van der Waals surface area (Å²) < 4.78 is 27.1. The van der Waals surface area contributed by atoms with Gasteiger partial charge in [0.1, 0.15) is 6.04 Å². The van der Waals surface area contributed by atoms with E-state index < -0.39 is 16.1 Å². The Morgan fingerprint density at radius 2 is 1.54 bits per heavy atom. The summed E-state index contributed by atoms with van der Waals surface area (Å²) >= 11 is 12.4. The van der Waals surface area contributed by atoms with Crippen molar-refractivity contribution in [1.29, 1.82) is 0 Å². The predicted molar refractivity (Wildman–Crippen MR) is 164 cm³/mol. The Bertz CT molecular complexity index is 1410. The van der Waals surface area contributed by atoms with Crippen LogP contribution in [0.2, 0.25) is 10.0 Å². The maximum absolute atomic E-state index is 13.8. The van der Waals surface area contributed by atoms with E-state index in [1.165, 1.54) is 11.4 Å². The molecule has 2 amide bonds. The van der Waals surface area contributed by atoms with Crippen molar-refractivity contribution in [3.63, 3.8) is 0 Å². The molecule has 3 aromatic rings. The molecule has 0 radical (unpaired) electrons. The summed E-state index contributed by atoms with van der Waals surface area (Å²) in [4.78, 5) is 29.2. The lowest BCUT2D eigenvalue weighted by Crippen LogP contribution is -2.52. The first-order valence-electron chi connectivity index (χ1n) is 13.6. The molecule has 0 fully saturated rings. The van der Waals surface area contributed by atoms with Crippen LogP contribution in [0.25, 0.3) is 0 Å². The molecule has 0 aliphatic carbocycles. The Kier molecular flexibility index (Phi) is 12.2. The maximum Gasteiger partial charge on any atom is 0.243 e. The van der Waals surface area contributed by atoms with Gasteiger partial charge >= 0.3 is 0 Å². The van der Waals surface area contributed by atoms with Crippen LogP contribution in [0.15, 0.2) is 83.8 Å². The molecule has 1 N–H and O–H groups in total. The molecule has 7 nitrogen and oxygen atoms in total. The van der Waals surface area contributed by atoms with E-state index in [1.807, 2.05) is 44.2 Å². The first-order valence-corrected chi connectivity index (χ1v) is 15.8. The molecule has 3 aromatic carbocycles. The van der Waals surface area contributed by atoms with Crippen LogP contribution < -0.4 is 5.32 Å². The zero-order chi connectivity index (χ0) is 30.0. The first kappa shape index (κ1) is 32.6. The van der Waals surface area contributed by atoms with Crippen molar-refractivity contribution in [2.75, 3.05) is 13.6 Å². The van der Waals surface area contributed by atoms with Gasteiger partial charge in [0.15, 0.2) is 0 Å². The topological polar surface area (TPSA) is 86.8 Å². The molecule has 0 aliphatic rings. The molecule has 3 rings (SSSR count). The number of hydrogen-bond acceptors (Lipinski definition) is 4. The minimum Gasteiger partial charge on any atom is -0.352 e. The molecule has 0 aliphatic heterocycles. The van der Waals surface area contributed by atoms with Crippen molar-refractivity contribution >= 4 is 45.0 Å². The molecule has 0 heterocycles. The van der Waals surface area contributed by atoms with E-state index in [0.717, 1.165) is 17.5 Å². The average molecular weight is 619 g/mol. The van der Waals surface area contributed by atoms with Crippen LogP contribution >= 0.6 is 23.2 Å². The number of carbonyl (C=O) groups excluding carboxylic acids is 2. The molecule has 41 heavy (non-hydrogen) atoms. The normalized spacial score (nSPS) is 13.0. The Labute approximate surface area is 253 Å². The molecule has 0 aromatic heterocycles. The molecule has 0 spiro atoms. The van der Waals surface area contributed by atoms with Gasteiger partial charge in [-0.25, -0.2) is 12.7 Å². The number of halogens is 2. The third-order valence-corrected chi connectivity index (χ3v) is 9.53. The fourth-order valence-electron chi connectivity index (χ4n) is 4.32. The number of nitrogens with one attached hydrogen (secondary N) is 1. The lowest BCUT2D eigenvalue weighted by Gasteiger charge is -2.32. The minimum atomic E-state index is -3.68. The smallest absolute Gasteiger partial charge is 0.243 e. The lowest BCUT2D eigenvalue weighted by atomic mass is 10.0. The highest BCUT2D eigenvalue weighted by Crippen LogP contribution is 2.25. The van der Waals surface area contributed by atoms with Gasteiger partial charge in [-0.05, 0) is 55.2 Å². The van der Waals surface area contributed by atoms with Gasteiger partial charge in [0, 0.05) is 39.0 Å². The standard InChI is InChI=1S/C31H37Cl2N3O4S/c1-4-23(2)34-31(38)29(21-24-12-7-5-8-13-24)36(22-25-17-18-27(32)28(33)20-25)30(37)16-11-19-35(3)41(39,40)26-14-9-6-10-15-26/h5-10,12-15,17-18,20,23,29H,4,11,16,19,21-22H2,1-3H3,(H,34,38)/t23-,29-/m0/s1. The zero-order valence-corrected chi connectivity index (χ0v) is 25.9. The van der Waals surface area contributed by atoms with Gasteiger partial charge in [-0.2, -0.15) is 0 Å². The van der Waals surface area contributed by atoms with Gasteiger partial charge in [-0.3, -0.25) is 9.59 Å². The maximum atomic E-state index is 13.8. The Hall–Kier alpha value is -2.91. The summed E-state index contributed by atoms with van der Waals surface area (Å²) in [7, 11) is -2.19. The fraction of sp³-hybridized carbons (Fsp3) is 0.355. The number of sulfonamides is 1. The van der Waals surface area contributed by atoms with Crippen LogP contribution in [-0.4, -0.2) is 55.1 Å². The molecular weight excluding hydrogens is 581 g/mol. The molecule has 220 valence electrons. The first-order chi connectivity index (χ1) is 19.5. The Morgan fingerprint density at radius 1 is 0.902 bits per heavy atom. The van der Waals surface area contributed by atoms with Gasteiger partial charge in [-0.1, -0.05) is 84.7 Å². The van der Waals surface area contributed by atoms with E-state index >= 15 is 0 Å². The number of amides is 2. The number of rotatable bonds is 14.